The number of fused-ring (bicyclic) bond motifs is 1. The van der Waals surface area contributed by atoms with Gasteiger partial charge in [0.15, 0.2) is 0 Å². The Balaban J connectivity index is 1.47. The van der Waals surface area contributed by atoms with Crippen LogP contribution in [0.5, 0.6) is 5.75 Å². The normalized spacial score (nSPS) is 14.1. The number of amides is 2. The number of carbonyl (C=O) groups is 1. The van der Waals surface area contributed by atoms with Crippen molar-refractivity contribution in [2.45, 2.75) is 19.9 Å². The summed E-state index contributed by atoms with van der Waals surface area (Å²) in [4.78, 5) is 14.3. The standard InChI is InChI=1S/C27H35N5O3/c1-3-12-29-27(33)30-21-8-6-20(7-9-21)26-25(28)23-11-10-22(19-24(23)32(26)4-2)35-16-5-13-31-14-17-34-18-15-31/h3,6-11,19H,1,4-5,12-18,28H2,2H3,(H2,29,30,33). The minimum absolute atomic E-state index is 0.266. The number of rotatable bonds is 10. The predicted molar refractivity (Wildman–Crippen MR) is 142 cm³/mol. The molecule has 8 heteroatoms. The van der Waals surface area contributed by atoms with Gasteiger partial charge in [-0.3, -0.25) is 4.90 Å². The summed E-state index contributed by atoms with van der Waals surface area (Å²) in [5.74, 6) is 0.850. The molecule has 2 heterocycles. The molecule has 4 N–H and O–H groups in total. The number of aryl methyl sites for hydroxylation is 1. The van der Waals surface area contributed by atoms with Gasteiger partial charge in [-0.25, -0.2) is 4.79 Å². The minimum atomic E-state index is -0.266. The van der Waals surface area contributed by atoms with Gasteiger partial charge in [0, 0.05) is 55.4 Å². The second-order valence-electron chi connectivity index (χ2n) is 8.54. The topological polar surface area (TPSA) is 93.8 Å². The Morgan fingerprint density at radius 1 is 1.20 bits per heavy atom. The second-order valence-corrected chi connectivity index (χ2v) is 8.54. The molecule has 4 rings (SSSR count). The van der Waals surface area contributed by atoms with E-state index in [2.05, 4.69) is 39.7 Å². The average Bonchev–Trinajstić information content (AvgIpc) is 3.17. The maximum absolute atomic E-state index is 11.9. The molecule has 2 amide bonds. The van der Waals surface area contributed by atoms with E-state index in [1.54, 1.807) is 6.08 Å². The van der Waals surface area contributed by atoms with Gasteiger partial charge in [0.1, 0.15) is 5.75 Å². The smallest absolute Gasteiger partial charge is 0.319 e. The Hall–Kier alpha value is -3.49. The third-order valence-corrected chi connectivity index (χ3v) is 6.21. The third-order valence-electron chi connectivity index (χ3n) is 6.21. The van der Waals surface area contributed by atoms with E-state index in [4.69, 9.17) is 15.2 Å². The number of aromatic nitrogens is 1. The number of carbonyl (C=O) groups excluding carboxylic acids is 1. The van der Waals surface area contributed by atoms with Crippen molar-refractivity contribution < 1.29 is 14.3 Å². The number of hydrogen-bond donors (Lipinski definition) is 3. The highest BCUT2D eigenvalue weighted by Gasteiger charge is 2.17. The zero-order chi connectivity index (χ0) is 24.6. The van der Waals surface area contributed by atoms with Crippen LogP contribution in [-0.4, -0.2) is 61.5 Å². The Morgan fingerprint density at radius 2 is 1.97 bits per heavy atom. The van der Waals surface area contributed by atoms with E-state index in [1.807, 2.05) is 36.4 Å². The molecule has 0 radical (unpaired) electrons. The van der Waals surface area contributed by atoms with Crippen LogP contribution in [0.15, 0.2) is 55.1 Å². The SMILES string of the molecule is C=CCNC(=O)Nc1ccc(-c2c(N)c3ccc(OCCCN4CCOCC4)cc3n2CC)cc1. The maximum atomic E-state index is 11.9. The molecule has 186 valence electrons. The number of hydrogen-bond acceptors (Lipinski definition) is 5. The molecule has 1 saturated heterocycles. The number of anilines is 2. The summed E-state index contributed by atoms with van der Waals surface area (Å²) in [5, 5.41) is 6.52. The van der Waals surface area contributed by atoms with Gasteiger partial charge in [-0.05, 0) is 37.6 Å². The molecule has 8 nitrogen and oxygen atoms in total. The van der Waals surface area contributed by atoms with Crippen LogP contribution in [-0.2, 0) is 11.3 Å². The third kappa shape index (κ3) is 5.96. The fourth-order valence-corrected chi connectivity index (χ4v) is 4.44. The summed E-state index contributed by atoms with van der Waals surface area (Å²) in [6, 6.07) is 13.5. The predicted octanol–water partition coefficient (Wildman–Crippen LogP) is 4.32. The number of ether oxygens (including phenoxy) is 2. The van der Waals surface area contributed by atoms with E-state index in [0.29, 0.717) is 18.8 Å². The molecule has 1 aromatic heterocycles. The number of nitrogen functional groups attached to an aromatic ring is 1. The average molecular weight is 478 g/mol. The summed E-state index contributed by atoms with van der Waals surface area (Å²) in [6.07, 6.45) is 2.61. The zero-order valence-corrected chi connectivity index (χ0v) is 20.4. The molecule has 0 aliphatic carbocycles. The zero-order valence-electron chi connectivity index (χ0n) is 20.4. The molecule has 0 unspecified atom stereocenters. The number of morpholine rings is 1. The first kappa shape index (κ1) is 24.6. The van der Waals surface area contributed by atoms with Crippen molar-refractivity contribution >= 4 is 28.3 Å². The van der Waals surface area contributed by atoms with Gasteiger partial charge in [-0.2, -0.15) is 0 Å². The highest BCUT2D eigenvalue weighted by Crippen LogP contribution is 2.38. The highest BCUT2D eigenvalue weighted by atomic mass is 16.5. The maximum Gasteiger partial charge on any atom is 0.319 e. The molecule has 1 fully saturated rings. The van der Waals surface area contributed by atoms with Crippen LogP contribution < -0.4 is 21.1 Å². The lowest BCUT2D eigenvalue weighted by Gasteiger charge is -2.26. The Morgan fingerprint density at radius 3 is 2.69 bits per heavy atom. The van der Waals surface area contributed by atoms with Gasteiger partial charge >= 0.3 is 6.03 Å². The lowest BCUT2D eigenvalue weighted by molar-refractivity contribution is 0.0358. The van der Waals surface area contributed by atoms with Crippen molar-refractivity contribution in [2.24, 2.45) is 0 Å². The van der Waals surface area contributed by atoms with Gasteiger partial charge in [-0.1, -0.05) is 18.2 Å². The molecule has 2 aromatic carbocycles. The van der Waals surface area contributed by atoms with Crippen LogP contribution in [0.1, 0.15) is 13.3 Å². The van der Waals surface area contributed by atoms with E-state index in [9.17, 15) is 4.79 Å². The van der Waals surface area contributed by atoms with Crippen LogP contribution in [0.2, 0.25) is 0 Å². The summed E-state index contributed by atoms with van der Waals surface area (Å²) in [5.41, 5.74) is 11.1. The van der Waals surface area contributed by atoms with E-state index in [1.165, 1.54) is 0 Å². The van der Waals surface area contributed by atoms with Crippen LogP contribution in [0.25, 0.3) is 22.2 Å². The van der Waals surface area contributed by atoms with Gasteiger partial charge < -0.3 is 30.4 Å². The molecule has 0 bridgehead atoms. The molecule has 35 heavy (non-hydrogen) atoms. The van der Waals surface area contributed by atoms with E-state index in [-0.39, 0.29) is 6.03 Å². The van der Waals surface area contributed by atoms with Crippen molar-refractivity contribution in [3.05, 3.63) is 55.1 Å². The molecular formula is C27H35N5O3. The lowest BCUT2D eigenvalue weighted by atomic mass is 10.1. The monoisotopic (exact) mass is 477 g/mol. The van der Waals surface area contributed by atoms with E-state index in [0.717, 1.165) is 79.4 Å². The van der Waals surface area contributed by atoms with Crippen LogP contribution in [0, 0.1) is 0 Å². The van der Waals surface area contributed by atoms with Gasteiger partial charge in [0.2, 0.25) is 0 Å². The molecule has 0 atom stereocenters. The minimum Gasteiger partial charge on any atom is -0.493 e. The van der Waals surface area contributed by atoms with Crippen molar-refractivity contribution in [2.75, 3.05) is 57.1 Å². The molecule has 1 aliphatic rings. The molecular weight excluding hydrogens is 442 g/mol. The highest BCUT2D eigenvalue weighted by molar-refractivity contribution is 6.01. The quantitative estimate of drug-likeness (QED) is 0.299. The number of benzene rings is 2. The number of nitrogens with zero attached hydrogens (tertiary/aromatic N) is 2. The summed E-state index contributed by atoms with van der Waals surface area (Å²) in [7, 11) is 0. The van der Waals surface area contributed by atoms with Crippen LogP contribution in [0.4, 0.5) is 16.2 Å². The molecule has 1 aliphatic heterocycles. The number of nitrogens with two attached hydrogens (primary N) is 1. The van der Waals surface area contributed by atoms with Crippen LogP contribution in [0.3, 0.4) is 0 Å². The Kier molecular flexibility index (Phi) is 8.28. The van der Waals surface area contributed by atoms with E-state index < -0.39 is 0 Å². The van der Waals surface area contributed by atoms with Crippen molar-refractivity contribution in [3.63, 3.8) is 0 Å². The summed E-state index contributed by atoms with van der Waals surface area (Å²) in [6.45, 7) is 12.2. The molecule has 3 aromatic rings. The first-order valence-electron chi connectivity index (χ1n) is 12.2. The first-order chi connectivity index (χ1) is 17.1. The van der Waals surface area contributed by atoms with Crippen molar-refractivity contribution in [3.8, 4) is 17.0 Å². The Labute approximate surface area is 206 Å². The first-order valence-corrected chi connectivity index (χ1v) is 12.2. The number of nitrogens with one attached hydrogen (secondary N) is 2. The lowest BCUT2D eigenvalue weighted by Crippen LogP contribution is -2.37. The van der Waals surface area contributed by atoms with Gasteiger partial charge in [0.05, 0.1) is 36.7 Å². The van der Waals surface area contributed by atoms with Crippen molar-refractivity contribution in [1.82, 2.24) is 14.8 Å². The number of urea groups is 1. The molecule has 0 saturated carbocycles. The van der Waals surface area contributed by atoms with E-state index >= 15 is 0 Å². The summed E-state index contributed by atoms with van der Waals surface area (Å²) >= 11 is 0. The largest absolute Gasteiger partial charge is 0.493 e. The second kappa shape index (κ2) is 11.8. The van der Waals surface area contributed by atoms with Gasteiger partial charge in [0.25, 0.3) is 0 Å². The summed E-state index contributed by atoms with van der Waals surface area (Å²) < 4.78 is 13.7. The molecule has 0 spiro atoms. The Bertz CT molecular complexity index is 1150. The van der Waals surface area contributed by atoms with Crippen LogP contribution >= 0.6 is 0 Å². The van der Waals surface area contributed by atoms with Gasteiger partial charge in [-0.15, -0.1) is 6.58 Å². The fraction of sp³-hybridized carbons (Fsp3) is 0.370. The van der Waals surface area contributed by atoms with Crippen molar-refractivity contribution in [1.29, 1.82) is 0 Å². The fourth-order valence-electron chi connectivity index (χ4n) is 4.44.